The number of rotatable bonds is 1. The number of thiol groups is 1. The molecule has 140 valence electrons. The van der Waals surface area contributed by atoms with Gasteiger partial charge in [0, 0.05) is 0 Å². The van der Waals surface area contributed by atoms with Gasteiger partial charge in [-0.2, -0.15) is 0 Å². The van der Waals surface area contributed by atoms with Gasteiger partial charge in [-0.1, -0.05) is 72.2 Å². The number of carbonyl (C=O) groups excluding carboxylic acids is 1. The van der Waals surface area contributed by atoms with Gasteiger partial charge in [0.05, 0.1) is 5.56 Å². The molecule has 0 aromatic heterocycles. The van der Waals surface area contributed by atoms with E-state index in [0.717, 1.165) is 0 Å². The van der Waals surface area contributed by atoms with Crippen LogP contribution < -0.4 is 5.46 Å². The van der Waals surface area contributed by atoms with E-state index in [4.69, 9.17) is 5.11 Å². The van der Waals surface area contributed by atoms with Crippen LogP contribution in [0.5, 0.6) is 5.75 Å². The fourth-order valence-electron chi connectivity index (χ4n) is 3.64. The van der Waals surface area contributed by atoms with E-state index in [1.54, 1.807) is 12.1 Å². The van der Waals surface area contributed by atoms with Gasteiger partial charge in [-0.05, 0) is 56.6 Å². The van der Waals surface area contributed by atoms with Crippen LogP contribution in [-0.4, -0.2) is 18.1 Å². The molecule has 4 heteroatoms. The predicted octanol–water partition coefficient (Wildman–Crippen LogP) is 4.87. The zero-order valence-corrected chi connectivity index (χ0v) is 16.9. The van der Waals surface area contributed by atoms with Crippen LogP contribution in [0.25, 0.3) is 32.3 Å². The molecule has 0 aliphatic carbocycles. The predicted molar refractivity (Wildman–Crippen MR) is 129 cm³/mol. The highest BCUT2D eigenvalue weighted by Crippen LogP contribution is 2.28. The summed E-state index contributed by atoms with van der Waals surface area (Å²) in [5.74, 6) is -0.0255. The minimum absolute atomic E-state index is 0.0255. The van der Waals surface area contributed by atoms with Gasteiger partial charge < -0.3 is 5.11 Å². The third kappa shape index (κ3) is 3.85. The lowest BCUT2D eigenvalue weighted by molar-refractivity contribution is 0.108. The summed E-state index contributed by atoms with van der Waals surface area (Å²) >= 11 is 3.56. The van der Waals surface area contributed by atoms with E-state index in [2.05, 4.69) is 87.2 Å². The topological polar surface area (TPSA) is 37.3 Å². The Labute approximate surface area is 175 Å². The smallest absolute Gasteiger partial charge is 0.220 e. The minimum atomic E-state index is -0.418. The zero-order chi connectivity index (χ0) is 20.4. The Hall–Kier alpha value is -3.24. The van der Waals surface area contributed by atoms with Crippen LogP contribution in [0, 0.1) is 0 Å². The van der Waals surface area contributed by atoms with Crippen molar-refractivity contribution in [3.05, 3.63) is 96.6 Å². The lowest BCUT2D eigenvalue weighted by atomic mass is 9.87. The first-order valence-electron chi connectivity index (χ1n) is 9.37. The lowest BCUT2D eigenvalue weighted by Gasteiger charge is -2.08. The summed E-state index contributed by atoms with van der Waals surface area (Å²) in [5.41, 5.74) is 1.59. The van der Waals surface area contributed by atoms with Crippen LogP contribution in [0.2, 0.25) is 0 Å². The first-order chi connectivity index (χ1) is 14.0. The van der Waals surface area contributed by atoms with Gasteiger partial charge in [-0.15, -0.1) is 12.6 Å². The molecule has 0 spiro atoms. The number of para-hydroxylation sites is 1. The standard InChI is InChI=1S/C18H13B.C7H6O2S/c19-17-7-3-6-12-8-9-15-10-13-4-1-2-5-14(13)11-16(15)18(12)17;8-6-4-2-1-3-5(6)7(9)10/h1-11H,19H2;1-4,8H,(H,9,10). The summed E-state index contributed by atoms with van der Waals surface area (Å²) in [7, 11) is 2.19. The second-order valence-electron chi connectivity index (χ2n) is 6.98. The van der Waals surface area contributed by atoms with Crippen LogP contribution in [0.15, 0.2) is 91.0 Å². The van der Waals surface area contributed by atoms with E-state index in [9.17, 15) is 4.79 Å². The maximum Gasteiger partial charge on any atom is 0.220 e. The van der Waals surface area contributed by atoms with E-state index < -0.39 is 5.12 Å². The molecule has 5 aromatic carbocycles. The van der Waals surface area contributed by atoms with Gasteiger partial charge in [0.15, 0.2) is 0 Å². The Bertz CT molecular complexity index is 1360. The molecular weight excluding hydrogens is 375 g/mol. The normalized spacial score (nSPS) is 10.7. The third-order valence-electron chi connectivity index (χ3n) is 5.07. The van der Waals surface area contributed by atoms with Crippen LogP contribution in [0.1, 0.15) is 10.4 Å². The third-order valence-corrected chi connectivity index (χ3v) is 5.31. The minimum Gasteiger partial charge on any atom is -0.507 e. The molecule has 1 N–H and O–H groups in total. The summed E-state index contributed by atoms with van der Waals surface area (Å²) in [6, 6.07) is 30.4. The molecule has 5 rings (SSSR count). The SMILES string of the molecule is Bc1cccc2ccc3cc4ccccc4cc3c12.O=C(S)c1ccccc1O. The second-order valence-corrected chi connectivity index (χ2v) is 7.39. The van der Waals surface area contributed by atoms with E-state index >= 15 is 0 Å². The molecule has 5 aromatic rings. The van der Waals surface area contributed by atoms with Gasteiger partial charge in [-0.25, -0.2) is 0 Å². The number of carbonyl (C=O) groups is 1. The maximum absolute atomic E-state index is 10.6. The Morgan fingerprint density at radius 1 is 0.724 bits per heavy atom. The molecule has 0 amide bonds. The van der Waals surface area contributed by atoms with Crippen molar-refractivity contribution in [1.82, 2.24) is 0 Å². The van der Waals surface area contributed by atoms with E-state index in [1.807, 2.05) is 0 Å². The van der Waals surface area contributed by atoms with Crippen molar-refractivity contribution >= 4 is 63.4 Å². The molecule has 29 heavy (non-hydrogen) atoms. The number of aromatic hydroxyl groups is 1. The molecule has 0 bridgehead atoms. The highest BCUT2D eigenvalue weighted by molar-refractivity contribution is 7.97. The maximum atomic E-state index is 10.6. The second kappa shape index (κ2) is 8.02. The average Bonchev–Trinajstić information content (AvgIpc) is 2.73. The molecule has 0 aliphatic heterocycles. The van der Waals surface area contributed by atoms with Crippen LogP contribution in [0.4, 0.5) is 0 Å². The number of fused-ring (bicyclic) bond motifs is 4. The summed E-state index contributed by atoms with van der Waals surface area (Å²) in [6.07, 6.45) is 0. The number of hydrogen-bond acceptors (Lipinski definition) is 2. The monoisotopic (exact) mass is 394 g/mol. The Morgan fingerprint density at radius 3 is 2.03 bits per heavy atom. The molecular formula is C25H19BO2S. The van der Waals surface area contributed by atoms with E-state index in [-0.39, 0.29) is 11.3 Å². The van der Waals surface area contributed by atoms with Gasteiger partial charge in [0.1, 0.15) is 13.6 Å². The quantitative estimate of drug-likeness (QED) is 0.184. The Balaban J connectivity index is 0.000000174. The van der Waals surface area contributed by atoms with Gasteiger partial charge in [0.25, 0.3) is 0 Å². The van der Waals surface area contributed by atoms with Crippen molar-refractivity contribution in [3.8, 4) is 5.75 Å². The summed E-state index contributed by atoms with van der Waals surface area (Å²) in [4.78, 5) is 10.6. The fourth-order valence-corrected chi connectivity index (χ4v) is 3.83. The van der Waals surface area contributed by atoms with Crippen molar-refractivity contribution in [2.75, 3.05) is 0 Å². The van der Waals surface area contributed by atoms with Crippen molar-refractivity contribution in [1.29, 1.82) is 0 Å². The lowest BCUT2D eigenvalue weighted by Crippen LogP contribution is -2.03. The van der Waals surface area contributed by atoms with Gasteiger partial charge >= 0.3 is 0 Å². The highest BCUT2D eigenvalue weighted by Gasteiger charge is 2.05. The first kappa shape index (κ1) is 19.1. The molecule has 0 saturated carbocycles. The van der Waals surface area contributed by atoms with E-state index in [1.165, 1.54) is 49.9 Å². The van der Waals surface area contributed by atoms with Crippen molar-refractivity contribution in [2.45, 2.75) is 0 Å². The number of phenolic OH excluding ortho intramolecular Hbond substituents is 1. The van der Waals surface area contributed by atoms with Crippen LogP contribution in [-0.2, 0) is 0 Å². The molecule has 0 atom stereocenters. The highest BCUT2D eigenvalue weighted by atomic mass is 32.1. The molecule has 0 aliphatic rings. The van der Waals surface area contributed by atoms with Gasteiger partial charge in [-0.3, -0.25) is 4.79 Å². The van der Waals surface area contributed by atoms with Crippen LogP contribution >= 0.6 is 12.6 Å². The fraction of sp³-hybridized carbons (Fsp3) is 0. The largest absolute Gasteiger partial charge is 0.507 e. The number of benzene rings is 5. The molecule has 0 radical (unpaired) electrons. The van der Waals surface area contributed by atoms with Crippen molar-refractivity contribution in [3.63, 3.8) is 0 Å². The summed E-state index contributed by atoms with van der Waals surface area (Å²) < 4.78 is 0. The molecule has 0 fully saturated rings. The van der Waals surface area contributed by atoms with Crippen molar-refractivity contribution in [2.24, 2.45) is 0 Å². The van der Waals surface area contributed by atoms with E-state index in [0.29, 0.717) is 0 Å². The molecule has 0 saturated heterocycles. The Kier molecular flexibility index (Phi) is 5.28. The van der Waals surface area contributed by atoms with Gasteiger partial charge in [0.2, 0.25) is 5.12 Å². The number of phenols is 1. The zero-order valence-electron chi connectivity index (χ0n) is 16.0. The molecule has 2 nitrogen and oxygen atoms in total. The average molecular weight is 394 g/mol. The summed E-state index contributed by atoms with van der Waals surface area (Å²) in [6.45, 7) is 0. The van der Waals surface area contributed by atoms with Crippen molar-refractivity contribution < 1.29 is 9.90 Å². The Morgan fingerprint density at radius 2 is 1.34 bits per heavy atom. The molecule has 0 unspecified atom stereocenters. The summed E-state index contributed by atoms with van der Waals surface area (Å²) in [5, 5.41) is 16.6. The number of hydrogen-bond donors (Lipinski definition) is 2. The first-order valence-corrected chi connectivity index (χ1v) is 9.81. The van der Waals surface area contributed by atoms with Crippen LogP contribution in [0.3, 0.4) is 0 Å². The molecule has 0 heterocycles.